The van der Waals surface area contributed by atoms with E-state index in [0.717, 1.165) is 12.1 Å². The molecule has 5 nitrogen and oxygen atoms in total. The van der Waals surface area contributed by atoms with Gasteiger partial charge < -0.3 is 20.1 Å². The summed E-state index contributed by atoms with van der Waals surface area (Å²) in [5.74, 6) is -2.13. The minimum absolute atomic E-state index is 0. The van der Waals surface area contributed by atoms with E-state index in [2.05, 4.69) is 10.3 Å². The van der Waals surface area contributed by atoms with Gasteiger partial charge in [0.1, 0.15) is 0 Å². The molecule has 0 amide bonds. The second-order valence-electron chi connectivity index (χ2n) is 4.62. The Bertz CT molecular complexity index is 750. The number of hydrogen-bond donors (Lipinski definition) is 3. The molecule has 2 aromatic rings. The van der Waals surface area contributed by atoms with Gasteiger partial charge in [0, 0.05) is 5.56 Å². The summed E-state index contributed by atoms with van der Waals surface area (Å²) in [7, 11) is 1.67. The number of pyridine rings is 1. The quantitative estimate of drug-likeness (QED) is 0.745. The molecule has 114 valence electrons. The number of hydrogen-bond acceptors (Lipinski definition) is 4. The summed E-state index contributed by atoms with van der Waals surface area (Å²) in [6, 6.07) is 1.50. The molecule has 21 heavy (non-hydrogen) atoms. The van der Waals surface area contributed by atoms with E-state index < -0.39 is 23.5 Å². The number of nitrogens with one attached hydrogen (secondary N) is 2. The lowest BCUT2D eigenvalue weighted by molar-refractivity contribution is -0.122. The van der Waals surface area contributed by atoms with Crippen LogP contribution in [0.2, 0.25) is 0 Å². The lowest BCUT2D eigenvalue weighted by Crippen LogP contribution is -2.32. The fourth-order valence-electron chi connectivity index (χ4n) is 2.51. The van der Waals surface area contributed by atoms with E-state index in [-0.39, 0.29) is 41.5 Å². The van der Waals surface area contributed by atoms with E-state index in [1.54, 1.807) is 7.05 Å². The van der Waals surface area contributed by atoms with E-state index in [1.807, 2.05) is 0 Å². The van der Waals surface area contributed by atoms with Crippen LogP contribution in [0.15, 0.2) is 16.9 Å². The normalized spacial score (nSPS) is 21.0. The zero-order valence-corrected chi connectivity index (χ0v) is 11.8. The van der Waals surface area contributed by atoms with Crippen molar-refractivity contribution in [1.29, 1.82) is 0 Å². The highest BCUT2D eigenvalue weighted by atomic mass is 35.5. The molecule has 2 unspecified atom stereocenters. The molecule has 8 heteroatoms. The molecule has 2 atom stereocenters. The van der Waals surface area contributed by atoms with Crippen molar-refractivity contribution in [2.45, 2.75) is 12.3 Å². The van der Waals surface area contributed by atoms with E-state index in [1.165, 1.54) is 0 Å². The maximum absolute atomic E-state index is 13.5. The Hall–Kier alpha value is -1.54. The molecule has 3 N–H and O–H groups in total. The first-order chi connectivity index (χ1) is 9.52. The smallest absolute Gasteiger partial charge is 0.256 e. The van der Waals surface area contributed by atoms with Crippen molar-refractivity contribution in [1.82, 2.24) is 10.3 Å². The van der Waals surface area contributed by atoms with Gasteiger partial charge in [-0.05, 0) is 24.6 Å². The van der Waals surface area contributed by atoms with Crippen LogP contribution in [0, 0.1) is 11.6 Å². The number of aromatic nitrogens is 1. The second kappa shape index (κ2) is 5.69. The van der Waals surface area contributed by atoms with Crippen LogP contribution in [0.1, 0.15) is 23.6 Å². The maximum Gasteiger partial charge on any atom is 0.256 e. The molecule has 0 bridgehead atoms. The Kier molecular flexibility index (Phi) is 4.29. The average molecular weight is 319 g/mol. The third-order valence-corrected chi connectivity index (χ3v) is 3.50. The zero-order valence-electron chi connectivity index (χ0n) is 10.9. The topological polar surface area (TPSA) is 74.3 Å². The van der Waals surface area contributed by atoms with Gasteiger partial charge in [-0.3, -0.25) is 4.79 Å². The van der Waals surface area contributed by atoms with Crippen LogP contribution in [0.25, 0.3) is 10.8 Å². The van der Waals surface area contributed by atoms with Crippen LogP contribution in [0.3, 0.4) is 0 Å². The second-order valence-corrected chi connectivity index (χ2v) is 4.62. The number of H-pyrrole nitrogens is 1. The van der Waals surface area contributed by atoms with Crippen molar-refractivity contribution in [2.24, 2.45) is 0 Å². The Morgan fingerprint density at radius 2 is 1.95 bits per heavy atom. The number of benzene rings is 1. The Morgan fingerprint density at radius 3 is 2.57 bits per heavy atom. The van der Waals surface area contributed by atoms with Gasteiger partial charge in [-0.25, -0.2) is 8.78 Å². The fraction of sp³-hybridized carbons (Fsp3) is 0.308. The molecule has 3 rings (SSSR count). The van der Waals surface area contributed by atoms with Gasteiger partial charge in [-0.2, -0.15) is 0 Å². The van der Waals surface area contributed by atoms with Crippen LogP contribution in [-0.2, 0) is 4.74 Å². The van der Waals surface area contributed by atoms with Crippen LogP contribution in [-0.4, -0.2) is 23.7 Å². The molecule has 1 aliphatic rings. The maximum atomic E-state index is 13.5. The summed E-state index contributed by atoms with van der Waals surface area (Å²) in [6.45, 7) is 0.158. The van der Waals surface area contributed by atoms with Crippen molar-refractivity contribution in [3.05, 3.63) is 45.4 Å². The predicted octanol–water partition coefficient (Wildman–Crippen LogP) is 1.51. The van der Waals surface area contributed by atoms with Crippen LogP contribution in [0.4, 0.5) is 8.78 Å². The highest BCUT2D eigenvalue weighted by molar-refractivity contribution is 5.86. The van der Waals surface area contributed by atoms with Crippen LogP contribution < -0.4 is 10.9 Å². The molecule has 0 spiro atoms. The molecule has 2 heterocycles. The molecule has 1 aromatic carbocycles. The van der Waals surface area contributed by atoms with E-state index in [9.17, 15) is 18.7 Å². The molecular formula is C13H13ClF2N2O3. The number of likely N-dealkylation sites (N-methyl/N-ethyl adjacent to an activating group) is 1. The van der Waals surface area contributed by atoms with Gasteiger partial charge in [0.15, 0.2) is 17.9 Å². The Morgan fingerprint density at radius 1 is 1.33 bits per heavy atom. The van der Waals surface area contributed by atoms with Gasteiger partial charge in [-0.15, -0.1) is 12.4 Å². The SMILES string of the molecule is CNC1COC(O)c2[nH]c(=O)c3cc(F)c(F)cc3c21.Cl. The first-order valence-corrected chi connectivity index (χ1v) is 6.04. The predicted molar refractivity (Wildman–Crippen MR) is 74.4 cm³/mol. The van der Waals surface area contributed by atoms with E-state index in [4.69, 9.17) is 4.74 Å². The van der Waals surface area contributed by atoms with Gasteiger partial charge >= 0.3 is 0 Å². The lowest BCUT2D eigenvalue weighted by atomic mass is 9.96. The fourth-order valence-corrected chi connectivity index (χ4v) is 2.51. The molecule has 0 fully saturated rings. The summed E-state index contributed by atoms with van der Waals surface area (Å²) in [5, 5.41) is 13.1. The van der Waals surface area contributed by atoms with Gasteiger partial charge in [0.05, 0.1) is 23.7 Å². The third-order valence-electron chi connectivity index (χ3n) is 3.50. The Labute approximate surface area is 124 Å². The monoisotopic (exact) mass is 318 g/mol. The number of ether oxygens (including phenoxy) is 1. The molecule has 1 aromatic heterocycles. The van der Waals surface area contributed by atoms with Gasteiger partial charge in [0.2, 0.25) is 0 Å². The van der Waals surface area contributed by atoms with E-state index >= 15 is 0 Å². The van der Waals surface area contributed by atoms with Crippen LogP contribution >= 0.6 is 12.4 Å². The number of aliphatic hydroxyl groups excluding tert-OH is 1. The van der Waals surface area contributed by atoms with Gasteiger partial charge in [-0.1, -0.05) is 0 Å². The first kappa shape index (κ1) is 15.8. The Balaban J connectivity index is 0.00000161. The van der Waals surface area contributed by atoms with Crippen molar-refractivity contribution in [3.63, 3.8) is 0 Å². The summed E-state index contributed by atoms with van der Waals surface area (Å²) >= 11 is 0. The minimum Gasteiger partial charge on any atom is -0.363 e. The minimum atomic E-state index is -1.29. The zero-order chi connectivity index (χ0) is 14.4. The van der Waals surface area contributed by atoms with Crippen molar-refractivity contribution < 1.29 is 18.6 Å². The number of aliphatic hydroxyl groups is 1. The van der Waals surface area contributed by atoms with Crippen LogP contribution in [0.5, 0.6) is 0 Å². The third kappa shape index (κ3) is 2.42. The van der Waals surface area contributed by atoms with E-state index in [0.29, 0.717) is 5.56 Å². The first-order valence-electron chi connectivity index (χ1n) is 6.04. The van der Waals surface area contributed by atoms with Crippen molar-refractivity contribution in [2.75, 3.05) is 13.7 Å². The highest BCUT2D eigenvalue weighted by Crippen LogP contribution is 2.34. The van der Waals surface area contributed by atoms with Crippen molar-refractivity contribution >= 4 is 23.2 Å². The molecule has 0 aliphatic carbocycles. The number of aromatic amines is 1. The summed E-state index contributed by atoms with van der Waals surface area (Å²) in [4.78, 5) is 14.4. The van der Waals surface area contributed by atoms with Crippen molar-refractivity contribution in [3.8, 4) is 0 Å². The molecule has 1 aliphatic heterocycles. The lowest BCUT2D eigenvalue weighted by Gasteiger charge is -2.29. The summed E-state index contributed by atoms with van der Waals surface area (Å²) in [6.07, 6.45) is -1.29. The number of halogens is 3. The molecule has 0 radical (unpaired) electrons. The highest BCUT2D eigenvalue weighted by Gasteiger charge is 2.29. The molecular weight excluding hydrogens is 306 g/mol. The summed E-state index contributed by atoms with van der Waals surface area (Å²) in [5.41, 5.74) is 0.0795. The van der Waals surface area contributed by atoms with Gasteiger partial charge in [0.25, 0.3) is 5.56 Å². The standard InChI is InChI=1S/C13H12F2N2O3.ClH/c1-16-9-4-20-13(19)11-10(9)5-2-7(14)8(15)3-6(5)12(18)17-11;/h2-3,9,13,16,19H,4H2,1H3,(H,17,18);1H. The summed E-state index contributed by atoms with van der Waals surface area (Å²) < 4.78 is 31.9. The average Bonchev–Trinajstić information content (AvgIpc) is 2.42. The molecule has 0 saturated carbocycles. The number of rotatable bonds is 1. The molecule has 0 saturated heterocycles. The largest absolute Gasteiger partial charge is 0.363 e. The number of fused-ring (bicyclic) bond motifs is 3.